The van der Waals surface area contributed by atoms with Crippen molar-refractivity contribution in [2.75, 3.05) is 9.80 Å². The third-order valence-corrected chi connectivity index (χ3v) is 9.84. The fourth-order valence-corrected chi connectivity index (χ4v) is 7.55. The van der Waals surface area contributed by atoms with Crippen LogP contribution in [0.1, 0.15) is 25.0 Å². The largest absolute Gasteiger partial charge is 0.456 e. The maximum Gasteiger partial charge on any atom is 0.137 e. The minimum absolute atomic E-state index is 0.0807. The number of hydrogen-bond acceptors (Lipinski definition) is 3. The zero-order valence-electron chi connectivity index (χ0n) is 27.0. The molecule has 0 atom stereocenters. The van der Waals surface area contributed by atoms with Gasteiger partial charge in [-0.3, -0.25) is 0 Å². The molecule has 0 spiro atoms. The standard InChI is InChI=1S/C45H34N2O/c1-45(2)39-20-11-9-18-36(39)37-29-28-35(30-40(37)45)46(31-14-5-3-6-15-31)33-24-26-34(27-25-33)47(32-16-7-4-8-17-32)41-21-13-23-43-44(41)38-19-10-12-22-42(38)48-43/h3-30H,1-2H3. The maximum absolute atomic E-state index is 6.30. The second-order valence-corrected chi connectivity index (χ2v) is 13.0. The lowest BCUT2D eigenvalue weighted by Gasteiger charge is -2.29. The van der Waals surface area contributed by atoms with Crippen molar-refractivity contribution < 1.29 is 4.42 Å². The molecule has 0 fully saturated rings. The first-order valence-corrected chi connectivity index (χ1v) is 16.5. The van der Waals surface area contributed by atoms with Crippen molar-refractivity contribution in [2.24, 2.45) is 0 Å². The van der Waals surface area contributed by atoms with Crippen molar-refractivity contribution in [1.29, 1.82) is 0 Å². The smallest absolute Gasteiger partial charge is 0.137 e. The van der Waals surface area contributed by atoms with Crippen LogP contribution in [0, 0.1) is 0 Å². The summed E-state index contributed by atoms with van der Waals surface area (Å²) in [5.74, 6) is 0. The molecule has 3 nitrogen and oxygen atoms in total. The van der Waals surface area contributed by atoms with Gasteiger partial charge in [0.15, 0.2) is 0 Å². The van der Waals surface area contributed by atoms with Gasteiger partial charge in [0.25, 0.3) is 0 Å². The average Bonchev–Trinajstić information content (AvgIpc) is 3.63. The zero-order chi connectivity index (χ0) is 32.2. The second kappa shape index (κ2) is 11.0. The van der Waals surface area contributed by atoms with Crippen molar-refractivity contribution in [1.82, 2.24) is 0 Å². The lowest BCUT2D eigenvalue weighted by molar-refractivity contribution is 0.660. The quantitative estimate of drug-likeness (QED) is 0.185. The van der Waals surface area contributed by atoms with Crippen LogP contribution in [0.15, 0.2) is 174 Å². The Kier molecular flexibility index (Phi) is 6.48. The van der Waals surface area contributed by atoms with E-state index < -0.39 is 0 Å². The first kappa shape index (κ1) is 28.2. The van der Waals surface area contributed by atoms with E-state index in [0.717, 1.165) is 56.1 Å². The van der Waals surface area contributed by atoms with Gasteiger partial charge in [0.2, 0.25) is 0 Å². The fourth-order valence-electron chi connectivity index (χ4n) is 7.55. The number of nitrogens with zero attached hydrogens (tertiary/aromatic N) is 2. The van der Waals surface area contributed by atoms with Crippen LogP contribution in [0.5, 0.6) is 0 Å². The summed E-state index contributed by atoms with van der Waals surface area (Å²) in [6.07, 6.45) is 0. The average molecular weight is 619 g/mol. The number of furan rings is 1. The number of anilines is 6. The molecule has 1 aliphatic rings. The predicted molar refractivity (Wildman–Crippen MR) is 201 cm³/mol. The van der Waals surface area contributed by atoms with E-state index in [4.69, 9.17) is 4.42 Å². The molecule has 1 aromatic heterocycles. The Morgan fingerprint density at radius 3 is 1.71 bits per heavy atom. The molecule has 0 bridgehead atoms. The highest BCUT2D eigenvalue weighted by molar-refractivity contribution is 6.13. The summed E-state index contributed by atoms with van der Waals surface area (Å²) in [4.78, 5) is 4.69. The predicted octanol–water partition coefficient (Wildman–Crippen LogP) is 12.8. The van der Waals surface area contributed by atoms with E-state index in [-0.39, 0.29) is 5.41 Å². The van der Waals surface area contributed by atoms with Crippen molar-refractivity contribution >= 4 is 56.1 Å². The van der Waals surface area contributed by atoms with Gasteiger partial charge in [0.05, 0.1) is 11.1 Å². The summed E-state index contributed by atoms with van der Waals surface area (Å²) in [6.45, 7) is 4.68. The molecule has 0 saturated carbocycles. The Bertz CT molecular complexity index is 2420. The molecule has 0 aliphatic heterocycles. The summed E-state index contributed by atoms with van der Waals surface area (Å²) >= 11 is 0. The molecule has 8 aromatic rings. The summed E-state index contributed by atoms with van der Waals surface area (Å²) in [6, 6.07) is 60.5. The molecule has 0 amide bonds. The van der Waals surface area contributed by atoms with Gasteiger partial charge in [0, 0.05) is 39.2 Å². The van der Waals surface area contributed by atoms with Crippen molar-refractivity contribution in [3.8, 4) is 11.1 Å². The lowest BCUT2D eigenvalue weighted by Crippen LogP contribution is -2.16. The van der Waals surface area contributed by atoms with Crippen LogP contribution in [0.4, 0.5) is 34.1 Å². The van der Waals surface area contributed by atoms with E-state index in [9.17, 15) is 0 Å². The Balaban J connectivity index is 1.18. The Labute approximate surface area is 280 Å². The molecule has 1 heterocycles. The number of fused-ring (bicyclic) bond motifs is 6. The number of hydrogen-bond donors (Lipinski definition) is 0. The molecule has 0 radical (unpaired) electrons. The number of rotatable bonds is 6. The SMILES string of the molecule is CC1(C)c2ccccc2-c2ccc(N(c3ccccc3)c3ccc(N(c4ccccc4)c4cccc5oc6ccccc6c45)cc3)cc21. The van der Waals surface area contributed by atoms with Crippen molar-refractivity contribution in [2.45, 2.75) is 19.3 Å². The van der Waals surface area contributed by atoms with Gasteiger partial charge in [-0.05, 0) is 101 Å². The van der Waals surface area contributed by atoms with Crippen LogP contribution in [0.25, 0.3) is 33.1 Å². The number of para-hydroxylation sites is 3. The molecule has 0 saturated heterocycles. The van der Waals surface area contributed by atoms with Gasteiger partial charge >= 0.3 is 0 Å². The van der Waals surface area contributed by atoms with Gasteiger partial charge in [-0.2, -0.15) is 0 Å². The van der Waals surface area contributed by atoms with E-state index in [1.165, 1.54) is 22.3 Å². The Hall–Kier alpha value is -6.06. The molecule has 3 heteroatoms. The second-order valence-electron chi connectivity index (χ2n) is 13.0. The van der Waals surface area contributed by atoms with E-state index in [2.05, 4.69) is 181 Å². The van der Waals surface area contributed by atoms with Crippen molar-refractivity contribution in [3.63, 3.8) is 0 Å². The van der Waals surface area contributed by atoms with E-state index in [1.807, 2.05) is 12.1 Å². The molecular weight excluding hydrogens is 585 g/mol. The summed E-state index contributed by atoms with van der Waals surface area (Å²) < 4.78 is 6.30. The van der Waals surface area contributed by atoms with Crippen LogP contribution >= 0.6 is 0 Å². The van der Waals surface area contributed by atoms with E-state index in [0.29, 0.717) is 0 Å². The molecule has 0 unspecified atom stereocenters. The first-order chi connectivity index (χ1) is 23.6. The molecule has 1 aliphatic carbocycles. The third-order valence-electron chi connectivity index (χ3n) is 9.84. The monoisotopic (exact) mass is 618 g/mol. The van der Waals surface area contributed by atoms with Crippen LogP contribution in [-0.2, 0) is 5.41 Å². The summed E-state index contributed by atoms with van der Waals surface area (Å²) in [7, 11) is 0. The lowest BCUT2D eigenvalue weighted by atomic mass is 9.82. The topological polar surface area (TPSA) is 19.6 Å². The fraction of sp³-hybridized carbons (Fsp3) is 0.0667. The van der Waals surface area contributed by atoms with E-state index >= 15 is 0 Å². The van der Waals surface area contributed by atoms with Crippen LogP contribution in [-0.4, -0.2) is 0 Å². The van der Waals surface area contributed by atoms with Crippen LogP contribution in [0.2, 0.25) is 0 Å². The molecule has 7 aromatic carbocycles. The van der Waals surface area contributed by atoms with Gasteiger partial charge in [-0.25, -0.2) is 0 Å². The first-order valence-electron chi connectivity index (χ1n) is 16.5. The van der Waals surface area contributed by atoms with Crippen LogP contribution in [0.3, 0.4) is 0 Å². The van der Waals surface area contributed by atoms with Gasteiger partial charge in [0.1, 0.15) is 11.2 Å². The Morgan fingerprint density at radius 2 is 0.958 bits per heavy atom. The summed E-state index contributed by atoms with van der Waals surface area (Å²) in [5.41, 5.74) is 13.7. The number of benzene rings is 7. The normalized spacial score (nSPS) is 13.0. The minimum atomic E-state index is -0.0807. The Morgan fingerprint density at radius 1 is 0.417 bits per heavy atom. The van der Waals surface area contributed by atoms with Crippen LogP contribution < -0.4 is 9.80 Å². The maximum atomic E-state index is 6.30. The molecule has 9 rings (SSSR count). The highest BCUT2D eigenvalue weighted by Crippen LogP contribution is 2.51. The highest BCUT2D eigenvalue weighted by Gasteiger charge is 2.35. The molecule has 230 valence electrons. The van der Waals surface area contributed by atoms with E-state index in [1.54, 1.807) is 0 Å². The van der Waals surface area contributed by atoms with Gasteiger partial charge in [-0.1, -0.05) is 105 Å². The highest BCUT2D eigenvalue weighted by atomic mass is 16.3. The summed E-state index contributed by atoms with van der Waals surface area (Å²) in [5, 5.41) is 2.21. The van der Waals surface area contributed by atoms with Crippen molar-refractivity contribution in [3.05, 3.63) is 181 Å². The third kappa shape index (κ3) is 4.43. The molecule has 0 N–H and O–H groups in total. The van der Waals surface area contributed by atoms with Gasteiger partial charge in [-0.15, -0.1) is 0 Å². The zero-order valence-corrected chi connectivity index (χ0v) is 27.0. The molecule has 48 heavy (non-hydrogen) atoms. The minimum Gasteiger partial charge on any atom is -0.456 e. The molecular formula is C45H34N2O. The van der Waals surface area contributed by atoms with Gasteiger partial charge < -0.3 is 14.2 Å².